The molecule has 7 heteroatoms. The van der Waals surface area contributed by atoms with Gasteiger partial charge in [-0.15, -0.1) is 0 Å². The highest BCUT2D eigenvalue weighted by Crippen LogP contribution is 2.34. The Kier molecular flexibility index (Phi) is 4.66. The molecule has 5 rings (SSSR count). The number of halogens is 1. The Hall–Kier alpha value is -3.74. The Labute approximate surface area is 179 Å². The molecule has 2 aliphatic rings. The highest BCUT2D eigenvalue weighted by molar-refractivity contribution is 6.10. The van der Waals surface area contributed by atoms with Crippen LogP contribution in [0.1, 0.15) is 58.2 Å². The number of anilines is 1. The molecule has 4 heterocycles. The largest absolute Gasteiger partial charge is 0.320 e. The first-order valence-electron chi connectivity index (χ1n) is 10.1. The van der Waals surface area contributed by atoms with Crippen LogP contribution in [0.15, 0.2) is 52.7 Å². The summed E-state index contributed by atoms with van der Waals surface area (Å²) in [4.78, 5) is 30.0. The zero-order valence-electron chi connectivity index (χ0n) is 17.2. The summed E-state index contributed by atoms with van der Waals surface area (Å²) in [6, 6.07) is 9.36. The molecule has 154 valence electrons. The molecule has 0 aliphatic carbocycles. The van der Waals surface area contributed by atoms with Crippen molar-refractivity contribution in [1.82, 2.24) is 9.97 Å². The molecule has 0 saturated heterocycles. The fraction of sp³-hybridized carbons (Fsp3) is 0.208. The molecule has 0 bridgehead atoms. The molecule has 0 atom stereocenters. The number of benzene rings is 1. The molecule has 0 unspecified atom stereocenters. The van der Waals surface area contributed by atoms with Crippen LogP contribution in [0.3, 0.4) is 0 Å². The zero-order valence-corrected chi connectivity index (χ0v) is 17.2. The normalized spacial score (nSPS) is 13.9. The van der Waals surface area contributed by atoms with Gasteiger partial charge in [0.25, 0.3) is 5.91 Å². The number of hydrogen-bond acceptors (Lipinski definition) is 5. The second-order valence-corrected chi connectivity index (χ2v) is 7.94. The number of amides is 1. The van der Waals surface area contributed by atoms with Crippen LogP contribution in [0.4, 0.5) is 10.1 Å². The molecular formula is C24H20FN5O. The number of rotatable bonds is 4. The van der Waals surface area contributed by atoms with Crippen LogP contribution in [-0.4, -0.2) is 28.1 Å². The van der Waals surface area contributed by atoms with Gasteiger partial charge in [0.1, 0.15) is 5.69 Å². The second-order valence-electron chi connectivity index (χ2n) is 7.94. The summed E-state index contributed by atoms with van der Waals surface area (Å²) in [6.45, 7) is 4.83. The van der Waals surface area contributed by atoms with E-state index in [-0.39, 0.29) is 18.4 Å². The maximum Gasteiger partial charge on any atom is 0.274 e. The Balaban J connectivity index is 1.56. The van der Waals surface area contributed by atoms with E-state index < -0.39 is 5.97 Å². The number of fused-ring (bicyclic) bond motifs is 2. The molecule has 2 aliphatic heterocycles. The summed E-state index contributed by atoms with van der Waals surface area (Å²) in [7, 11) is 0. The van der Waals surface area contributed by atoms with E-state index >= 15 is 0 Å². The molecule has 0 radical (unpaired) electrons. The van der Waals surface area contributed by atoms with Gasteiger partial charge in [0.2, 0.25) is 5.97 Å². The predicted molar refractivity (Wildman–Crippen MR) is 119 cm³/mol. The average Bonchev–Trinajstić information content (AvgIpc) is 3.39. The lowest BCUT2D eigenvalue weighted by atomic mass is 9.97. The van der Waals surface area contributed by atoms with Crippen LogP contribution in [0, 0.1) is 0 Å². The molecular weight excluding hydrogens is 393 g/mol. The van der Waals surface area contributed by atoms with E-state index in [1.807, 2.05) is 32.0 Å². The van der Waals surface area contributed by atoms with E-state index in [1.54, 1.807) is 30.7 Å². The average molecular weight is 413 g/mol. The highest BCUT2D eigenvalue weighted by atomic mass is 19.1. The van der Waals surface area contributed by atoms with Gasteiger partial charge < -0.3 is 5.32 Å². The Bertz CT molecular complexity index is 1280. The maximum atomic E-state index is 14.5. The zero-order chi connectivity index (χ0) is 21.5. The van der Waals surface area contributed by atoms with Gasteiger partial charge in [-0.2, -0.15) is 4.39 Å². The third-order valence-corrected chi connectivity index (χ3v) is 5.55. The van der Waals surface area contributed by atoms with Gasteiger partial charge in [-0.25, -0.2) is 0 Å². The topological polar surface area (TPSA) is 79.6 Å². The molecule has 31 heavy (non-hydrogen) atoms. The first-order chi connectivity index (χ1) is 15.0. The fourth-order valence-electron chi connectivity index (χ4n) is 3.97. The van der Waals surface area contributed by atoms with E-state index in [0.717, 1.165) is 33.5 Å². The van der Waals surface area contributed by atoms with Crippen molar-refractivity contribution in [3.8, 4) is 11.1 Å². The Morgan fingerprint density at radius 3 is 2.84 bits per heavy atom. The lowest BCUT2D eigenvalue weighted by Crippen LogP contribution is -2.18. The standard InChI is InChI=1S/C24H20FN5O/c1-13(2)18-4-3-5-27-22(18)24(31)30-19-8-14(6-17-11-29-23(25)21(17)19)15-7-16-9-26-12-20(16)28-10-15/h3-10,13H,11-12H2,1-2H3,(H,30,31). The van der Waals surface area contributed by atoms with Crippen molar-refractivity contribution >= 4 is 23.8 Å². The number of aromatic nitrogens is 2. The van der Waals surface area contributed by atoms with Gasteiger partial charge in [-0.1, -0.05) is 19.9 Å². The summed E-state index contributed by atoms with van der Waals surface area (Å²) in [5.41, 5.74) is 6.22. The van der Waals surface area contributed by atoms with Crippen molar-refractivity contribution in [2.24, 2.45) is 9.98 Å². The number of carbonyl (C=O) groups excluding carboxylic acids is 1. The quantitative estimate of drug-likeness (QED) is 0.674. The van der Waals surface area contributed by atoms with Crippen molar-refractivity contribution in [3.63, 3.8) is 0 Å². The molecule has 1 aromatic carbocycles. The van der Waals surface area contributed by atoms with E-state index in [4.69, 9.17) is 0 Å². The molecule has 0 saturated carbocycles. The number of hydrogen-bond donors (Lipinski definition) is 1. The van der Waals surface area contributed by atoms with Gasteiger partial charge in [0.15, 0.2) is 0 Å². The van der Waals surface area contributed by atoms with Gasteiger partial charge in [0, 0.05) is 29.7 Å². The molecule has 6 nitrogen and oxygen atoms in total. The number of pyridine rings is 2. The summed E-state index contributed by atoms with van der Waals surface area (Å²) < 4.78 is 14.5. The number of nitrogens with zero attached hydrogens (tertiary/aromatic N) is 4. The van der Waals surface area contributed by atoms with Crippen molar-refractivity contribution in [1.29, 1.82) is 0 Å². The SMILES string of the molecule is CC(C)c1cccnc1C(=O)Nc1cc(-c2cnc3c(c2)C=NC3)cc2c1C(F)=NC2. The van der Waals surface area contributed by atoms with Crippen molar-refractivity contribution in [2.75, 3.05) is 5.32 Å². The predicted octanol–water partition coefficient (Wildman–Crippen LogP) is 4.68. The summed E-state index contributed by atoms with van der Waals surface area (Å²) in [6.07, 6.45) is 5.17. The maximum absolute atomic E-state index is 14.5. The minimum Gasteiger partial charge on any atom is -0.320 e. The van der Waals surface area contributed by atoms with Crippen LogP contribution >= 0.6 is 0 Å². The lowest BCUT2D eigenvalue weighted by molar-refractivity contribution is 0.102. The number of carbonyl (C=O) groups is 1. The third kappa shape index (κ3) is 3.42. The molecule has 3 aromatic rings. The van der Waals surface area contributed by atoms with Gasteiger partial charge in [-0.05, 0) is 46.9 Å². The van der Waals surface area contributed by atoms with E-state index in [0.29, 0.717) is 23.5 Å². The van der Waals surface area contributed by atoms with Crippen LogP contribution in [0.2, 0.25) is 0 Å². The first kappa shape index (κ1) is 19.2. The van der Waals surface area contributed by atoms with E-state index in [1.165, 1.54) is 0 Å². The molecule has 1 amide bonds. The Morgan fingerprint density at radius 1 is 1.13 bits per heavy atom. The number of aliphatic imine (C=N–C) groups is 2. The van der Waals surface area contributed by atoms with Crippen LogP contribution in [0.25, 0.3) is 11.1 Å². The third-order valence-electron chi connectivity index (χ3n) is 5.55. The summed E-state index contributed by atoms with van der Waals surface area (Å²) in [5, 5.41) is 2.88. The molecule has 1 N–H and O–H groups in total. The Morgan fingerprint density at radius 2 is 2.00 bits per heavy atom. The monoisotopic (exact) mass is 413 g/mol. The molecule has 2 aromatic heterocycles. The molecule has 0 fully saturated rings. The minimum absolute atomic E-state index is 0.129. The van der Waals surface area contributed by atoms with Crippen molar-refractivity contribution < 1.29 is 9.18 Å². The smallest absolute Gasteiger partial charge is 0.274 e. The second kappa shape index (κ2) is 7.50. The summed E-state index contributed by atoms with van der Waals surface area (Å²) in [5.74, 6) is -0.812. The highest BCUT2D eigenvalue weighted by Gasteiger charge is 2.24. The fourth-order valence-corrected chi connectivity index (χ4v) is 3.97. The number of nitrogens with one attached hydrogen (secondary N) is 1. The van der Waals surface area contributed by atoms with Gasteiger partial charge >= 0.3 is 0 Å². The van der Waals surface area contributed by atoms with Gasteiger partial charge in [0.05, 0.1) is 30.0 Å². The summed E-state index contributed by atoms with van der Waals surface area (Å²) >= 11 is 0. The van der Waals surface area contributed by atoms with Gasteiger partial charge in [-0.3, -0.25) is 24.7 Å². The van der Waals surface area contributed by atoms with Crippen LogP contribution < -0.4 is 5.32 Å². The molecule has 0 spiro atoms. The van der Waals surface area contributed by atoms with E-state index in [2.05, 4.69) is 25.3 Å². The first-order valence-corrected chi connectivity index (χ1v) is 10.1. The van der Waals surface area contributed by atoms with Crippen LogP contribution in [-0.2, 0) is 13.1 Å². The van der Waals surface area contributed by atoms with Crippen molar-refractivity contribution in [2.45, 2.75) is 32.9 Å². The van der Waals surface area contributed by atoms with Crippen LogP contribution in [0.5, 0.6) is 0 Å². The van der Waals surface area contributed by atoms with E-state index in [9.17, 15) is 9.18 Å². The minimum atomic E-state index is -0.568. The lowest BCUT2D eigenvalue weighted by Gasteiger charge is -2.15. The van der Waals surface area contributed by atoms with Crippen molar-refractivity contribution in [3.05, 3.63) is 76.4 Å².